The first-order chi connectivity index (χ1) is 6.33. The summed E-state index contributed by atoms with van der Waals surface area (Å²) >= 11 is 0. The topological polar surface area (TPSA) is 0 Å². The Labute approximate surface area is 80.0 Å². The largest absolute Gasteiger partial charge is 0.0620 e. The van der Waals surface area contributed by atoms with Crippen LogP contribution < -0.4 is 0 Å². The molecule has 0 nitrogen and oxygen atoms in total. The molecule has 1 aromatic carbocycles. The quantitative estimate of drug-likeness (QED) is 0.563. The predicted molar refractivity (Wildman–Crippen MR) is 54.8 cm³/mol. The van der Waals surface area contributed by atoms with Gasteiger partial charge in [0.15, 0.2) is 0 Å². The van der Waals surface area contributed by atoms with Gasteiger partial charge in [-0.25, -0.2) is 0 Å². The molecule has 1 fully saturated rings. The van der Waals surface area contributed by atoms with Gasteiger partial charge < -0.3 is 0 Å². The molecule has 0 aliphatic heterocycles. The molecule has 0 bridgehead atoms. The molecule has 1 saturated carbocycles. The Bertz CT molecular complexity index is 340. The van der Waals surface area contributed by atoms with Crippen molar-refractivity contribution in [2.75, 3.05) is 0 Å². The van der Waals surface area contributed by atoms with Gasteiger partial charge in [0.1, 0.15) is 0 Å². The fourth-order valence-electron chi connectivity index (χ4n) is 3.27. The molecule has 1 aromatic rings. The van der Waals surface area contributed by atoms with Crippen LogP contribution in [0.1, 0.15) is 37.3 Å². The van der Waals surface area contributed by atoms with Gasteiger partial charge in [0.05, 0.1) is 0 Å². The predicted octanol–water partition coefficient (Wildman–Crippen LogP) is 3.30. The monoisotopic (exact) mass is 172 g/mol. The summed E-state index contributed by atoms with van der Waals surface area (Å²) in [6.07, 6.45) is 5.60. The molecule has 0 saturated heterocycles. The number of benzene rings is 1. The minimum Gasteiger partial charge on any atom is -0.0620 e. The number of fused-ring (bicyclic) bond motifs is 2. The SMILES string of the molecule is CC1CCC12CCc1ccccc12. The highest BCUT2D eigenvalue weighted by Gasteiger charge is 2.48. The smallest absolute Gasteiger partial charge is 0.00154 e. The number of aryl methyl sites for hydroxylation is 1. The van der Waals surface area contributed by atoms with Crippen LogP contribution in [0.15, 0.2) is 24.3 Å². The molecular weight excluding hydrogens is 156 g/mol. The number of hydrogen-bond acceptors (Lipinski definition) is 0. The van der Waals surface area contributed by atoms with Crippen LogP contribution in [0.25, 0.3) is 0 Å². The molecule has 0 heterocycles. The summed E-state index contributed by atoms with van der Waals surface area (Å²) in [5.74, 6) is 0.927. The highest BCUT2D eigenvalue weighted by atomic mass is 14.5. The van der Waals surface area contributed by atoms with Crippen molar-refractivity contribution in [3.05, 3.63) is 35.4 Å². The van der Waals surface area contributed by atoms with Crippen LogP contribution >= 0.6 is 0 Å². The Morgan fingerprint density at radius 3 is 2.77 bits per heavy atom. The Morgan fingerprint density at radius 1 is 1.23 bits per heavy atom. The Morgan fingerprint density at radius 2 is 2.08 bits per heavy atom. The second kappa shape index (κ2) is 2.37. The van der Waals surface area contributed by atoms with E-state index in [0.717, 1.165) is 5.92 Å². The third-order valence-corrected chi connectivity index (χ3v) is 4.36. The third kappa shape index (κ3) is 0.815. The van der Waals surface area contributed by atoms with Gasteiger partial charge in [0, 0.05) is 0 Å². The Balaban J connectivity index is 2.12. The summed E-state index contributed by atoms with van der Waals surface area (Å²) in [6.45, 7) is 2.42. The molecule has 3 rings (SSSR count). The van der Waals surface area contributed by atoms with Crippen molar-refractivity contribution < 1.29 is 0 Å². The Kier molecular flexibility index (Phi) is 1.39. The summed E-state index contributed by atoms with van der Waals surface area (Å²) in [6, 6.07) is 9.06. The molecule has 2 aliphatic rings. The van der Waals surface area contributed by atoms with Crippen LogP contribution in [-0.2, 0) is 11.8 Å². The van der Waals surface area contributed by atoms with E-state index in [1.807, 2.05) is 0 Å². The van der Waals surface area contributed by atoms with Gasteiger partial charge in [-0.2, -0.15) is 0 Å². The maximum atomic E-state index is 2.42. The summed E-state index contributed by atoms with van der Waals surface area (Å²) in [5, 5.41) is 0. The van der Waals surface area contributed by atoms with Gasteiger partial charge in [-0.15, -0.1) is 0 Å². The van der Waals surface area contributed by atoms with Gasteiger partial charge in [0.2, 0.25) is 0 Å². The van der Waals surface area contributed by atoms with E-state index in [4.69, 9.17) is 0 Å². The van der Waals surface area contributed by atoms with Crippen molar-refractivity contribution in [1.82, 2.24) is 0 Å². The van der Waals surface area contributed by atoms with Crippen molar-refractivity contribution in [2.45, 2.75) is 38.0 Å². The maximum Gasteiger partial charge on any atom is -0.00154 e. The van der Waals surface area contributed by atoms with E-state index < -0.39 is 0 Å². The van der Waals surface area contributed by atoms with Crippen LogP contribution in [-0.4, -0.2) is 0 Å². The molecule has 68 valence electrons. The van der Waals surface area contributed by atoms with E-state index in [0.29, 0.717) is 5.41 Å². The zero-order valence-corrected chi connectivity index (χ0v) is 8.22. The summed E-state index contributed by atoms with van der Waals surface area (Å²) < 4.78 is 0. The average Bonchev–Trinajstić information content (AvgIpc) is 2.57. The summed E-state index contributed by atoms with van der Waals surface area (Å²) in [4.78, 5) is 0. The van der Waals surface area contributed by atoms with Crippen molar-refractivity contribution >= 4 is 0 Å². The third-order valence-electron chi connectivity index (χ3n) is 4.36. The lowest BCUT2D eigenvalue weighted by Gasteiger charge is -2.46. The molecule has 0 heteroatoms. The second-order valence-electron chi connectivity index (χ2n) is 4.75. The number of hydrogen-bond donors (Lipinski definition) is 0. The molecule has 0 amide bonds. The maximum absolute atomic E-state index is 2.42. The first-order valence-electron chi connectivity index (χ1n) is 5.41. The molecule has 2 aliphatic carbocycles. The average molecular weight is 172 g/mol. The van der Waals surface area contributed by atoms with Gasteiger partial charge in [-0.3, -0.25) is 0 Å². The molecule has 13 heavy (non-hydrogen) atoms. The van der Waals surface area contributed by atoms with Crippen molar-refractivity contribution in [3.63, 3.8) is 0 Å². The lowest BCUT2D eigenvalue weighted by atomic mass is 9.58. The summed E-state index contributed by atoms with van der Waals surface area (Å²) in [7, 11) is 0. The van der Waals surface area contributed by atoms with Crippen LogP contribution in [0, 0.1) is 5.92 Å². The highest BCUT2D eigenvalue weighted by molar-refractivity contribution is 5.41. The first-order valence-corrected chi connectivity index (χ1v) is 5.41. The molecule has 2 unspecified atom stereocenters. The van der Waals surface area contributed by atoms with Crippen molar-refractivity contribution in [3.8, 4) is 0 Å². The van der Waals surface area contributed by atoms with Crippen molar-refractivity contribution in [1.29, 1.82) is 0 Å². The van der Waals surface area contributed by atoms with Crippen molar-refractivity contribution in [2.24, 2.45) is 5.92 Å². The van der Waals surface area contributed by atoms with E-state index in [9.17, 15) is 0 Å². The van der Waals surface area contributed by atoms with Gasteiger partial charge in [-0.05, 0) is 48.1 Å². The lowest BCUT2D eigenvalue weighted by molar-refractivity contribution is 0.138. The molecule has 0 N–H and O–H groups in total. The normalized spacial score (nSPS) is 35.9. The molecule has 1 spiro atoms. The van der Waals surface area contributed by atoms with Gasteiger partial charge >= 0.3 is 0 Å². The van der Waals surface area contributed by atoms with Crippen LogP contribution in [0.2, 0.25) is 0 Å². The van der Waals surface area contributed by atoms with E-state index >= 15 is 0 Å². The minimum atomic E-state index is 0.608. The zero-order chi connectivity index (χ0) is 8.89. The van der Waals surface area contributed by atoms with Crippen LogP contribution in [0.3, 0.4) is 0 Å². The van der Waals surface area contributed by atoms with Gasteiger partial charge in [0.25, 0.3) is 0 Å². The second-order valence-corrected chi connectivity index (χ2v) is 4.75. The molecular formula is C13H16. The van der Waals surface area contributed by atoms with E-state index in [1.165, 1.54) is 25.7 Å². The van der Waals surface area contributed by atoms with E-state index in [1.54, 1.807) is 11.1 Å². The molecule has 2 atom stereocenters. The van der Waals surface area contributed by atoms with E-state index in [2.05, 4.69) is 31.2 Å². The highest BCUT2D eigenvalue weighted by Crippen LogP contribution is 2.55. The summed E-state index contributed by atoms with van der Waals surface area (Å²) in [5.41, 5.74) is 3.90. The minimum absolute atomic E-state index is 0.608. The number of rotatable bonds is 0. The zero-order valence-electron chi connectivity index (χ0n) is 8.22. The standard InChI is InChI=1S/C13H16/c1-10-6-8-13(10)9-7-11-4-2-3-5-12(11)13/h2-5,10H,6-9H2,1H3. The van der Waals surface area contributed by atoms with Crippen LogP contribution in [0.5, 0.6) is 0 Å². The van der Waals surface area contributed by atoms with Crippen LogP contribution in [0.4, 0.5) is 0 Å². The van der Waals surface area contributed by atoms with E-state index in [-0.39, 0.29) is 0 Å². The first kappa shape index (κ1) is 7.61. The molecule has 0 aromatic heterocycles. The lowest BCUT2D eigenvalue weighted by Crippen LogP contribution is -2.40. The fourth-order valence-corrected chi connectivity index (χ4v) is 3.27. The Hall–Kier alpha value is -0.780. The fraction of sp³-hybridized carbons (Fsp3) is 0.538. The van der Waals surface area contributed by atoms with Gasteiger partial charge in [-0.1, -0.05) is 31.2 Å². The molecule has 0 radical (unpaired) electrons.